The predicted molar refractivity (Wildman–Crippen MR) is 73.8 cm³/mol. The highest BCUT2D eigenvalue weighted by Gasteiger charge is 1.89. The average Bonchev–Trinajstić information content (AvgIpc) is 2.30. The Balaban J connectivity index is 0. The topological polar surface area (TPSA) is 35.2 Å². The molecule has 2 heteroatoms. The molecular formula is C14H33NO. The van der Waals surface area contributed by atoms with Gasteiger partial charge >= 0.3 is 0 Å². The van der Waals surface area contributed by atoms with E-state index in [9.17, 15) is 0 Å². The van der Waals surface area contributed by atoms with Gasteiger partial charge in [-0.1, -0.05) is 51.9 Å². The molecule has 0 aromatic heterocycles. The molecule has 0 heterocycles. The van der Waals surface area contributed by atoms with Crippen molar-refractivity contribution in [1.82, 2.24) is 0 Å². The molecule has 0 aliphatic heterocycles. The highest BCUT2D eigenvalue weighted by molar-refractivity contribution is 4.45. The Bertz CT molecular complexity index is 86.7. The molecule has 0 aliphatic rings. The summed E-state index contributed by atoms with van der Waals surface area (Å²) in [5, 5.41) is 0. The van der Waals surface area contributed by atoms with E-state index in [2.05, 4.69) is 6.92 Å². The fourth-order valence-electron chi connectivity index (χ4n) is 1.48. The van der Waals surface area contributed by atoms with Crippen LogP contribution >= 0.6 is 0 Å². The maximum atomic E-state index is 5.39. The van der Waals surface area contributed by atoms with Crippen molar-refractivity contribution in [3.05, 3.63) is 0 Å². The first-order valence-corrected chi connectivity index (χ1v) is 7.11. The lowest BCUT2D eigenvalue weighted by Gasteiger charge is -1.99. The van der Waals surface area contributed by atoms with Crippen molar-refractivity contribution in [2.24, 2.45) is 5.73 Å². The van der Waals surface area contributed by atoms with Gasteiger partial charge in [0.05, 0.1) is 0 Å². The molecule has 0 saturated carbocycles. The Kier molecular flexibility index (Phi) is 23.3. The van der Waals surface area contributed by atoms with Crippen LogP contribution in [0.5, 0.6) is 0 Å². The van der Waals surface area contributed by atoms with Gasteiger partial charge in [0.1, 0.15) is 0 Å². The predicted octanol–water partition coefficient (Wildman–Crippen LogP) is 4.13. The Morgan fingerprint density at radius 2 is 1.12 bits per heavy atom. The molecule has 0 bridgehead atoms. The molecule has 0 amide bonds. The van der Waals surface area contributed by atoms with Gasteiger partial charge in [0.2, 0.25) is 0 Å². The molecule has 0 spiro atoms. The van der Waals surface area contributed by atoms with Crippen molar-refractivity contribution in [2.45, 2.75) is 72.1 Å². The van der Waals surface area contributed by atoms with E-state index in [-0.39, 0.29) is 0 Å². The van der Waals surface area contributed by atoms with Gasteiger partial charge in [0, 0.05) is 13.2 Å². The number of hydrogen-bond acceptors (Lipinski definition) is 2. The lowest BCUT2D eigenvalue weighted by Crippen LogP contribution is -1.97. The third-order valence-corrected chi connectivity index (χ3v) is 2.47. The van der Waals surface area contributed by atoms with Crippen LogP contribution < -0.4 is 5.73 Å². The largest absolute Gasteiger partial charge is 0.382 e. The van der Waals surface area contributed by atoms with Crippen molar-refractivity contribution in [3.8, 4) is 0 Å². The van der Waals surface area contributed by atoms with Crippen LogP contribution in [-0.2, 0) is 4.74 Å². The van der Waals surface area contributed by atoms with Gasteiger partial charge in [0.15, 0.2) is 0 Å². The fourth-order valence-corrected chi connectivity index (χ4v) is 1.48. The average molecular weight is 231 g/mol. The molecule has 100 valence electrons. The summed E-state index contributed by atoms with van der Waals surface area (Å²) in [6, 6.07) is 0. The molecule has 2 nitrogen and oxygen atoms in total. The van der Waals surface area contributed by atoms with E-state index in [1.54, 1.807) is 0 Å². The fraction of sp³-hybridized carbons (Fsp3) is 1.00. The molecule has 0 unspecified atom stereocenters. The summed E-state index contributed by atoms with van der Waals surface area (Å²) in [5.41, 5.74) is 5.39. The SMILES string of the molecule is CCCCCCCCCCN.CCOCC. The third kappa shape index (κ3) is 23.6. The Labute approximate surface area is 103 Å². The minimum Gasteiger partial charge on any atom is -0.382 e. The minimum atomic E-state index is 0.844. The Hall–Kier alpha value is -0.0800. The smallest absolute Gasteiger partial charge is 0.0437 e. The molecule has 0 aromatic carbocycles. The normalized spacial score (nSPS) is 9.75. The lowest BCUT2D eigenvalue weighted by molar-refractivity contribution is 0.162. The van der Waals surface area contributed by atoms with Crippen LogP contribution in [0.3, 0.4) is 0 Å². The molecule has 0 aromatic rings. The van der Waals surface area contributed by atoms with Gasteiger partial charge < -0.3 is 10.5 Å². The van der Waals surface area contributed by atoms with E-state index < -0.39 is 0 Å². The van der Waals surface area contributed by atoms with Gasteiger partial charge in [-0.3, -0.25) is 0 Å². The zero-order valence-electron chi connectivity index (χ0n) is 11.8. The summed E-state index contributed by atoms with van der Waals surface area (Å²) in [7, 11) is 0. The van der Waals surface area contributed by atoms with Gasteiger partial charge in [-0.15, -0.1) is 0 Å². The van der Waals surface area contributed by atoms with Crippen molar-refractivity contribution in [1.29, 1.82) is 0 Å². The number of nitrogens with two attached hydrogens (primary N) is 1. The summed E-state index contributed by atoms with van der Waals surface area (Å²) in [6.07, 6.45) is 11.0. The third-order valence-electron chi connectivity index (χ3n) is 2.47. The zero-order chi connectivity index (χ0) is 12.5. The van der Waals surface area contributed by atoms with Crippen LogP contribution in [0.1, 0.15) is 72.1 Å². The van der Waals surface area contributed by atoms with Crippen LogP contribution in [0.25, 0.3) is 0 Å². The van der Waals surface area contributed by atoms with Gasteiger partial charge in [0.25, 0.3) is 0 Å². The summed E-state index contributed by atoms with van der Waals surface area (Å²) < 4.78 is 4.83. The molecule has 16 heavy (non-hydrogen) atoms. The summed E-state index contributed by atoms with van der Waals surface area (Å²) in [6.45, 7) is 8.80. The van der Waals surface area contributed by atoms with Crippen molar-refractivity contribution >= 4 is 0 Å². The van der Waals surface area contributed by atoms with Crippen LogP contribution in [0.15, 0.2) is 0 Å². The first-order valence-electron chi connectivity index (χ1n) is 7.11. The summed E-state index contributed by atoms with van der Waals surface area (Å²) in [5.74, 6) is 0. The lowest BCUT2D eigenvalue weighted by atomic mass is 10.1. The number of rotatable bonds is 10. The number of ether oxygens (including phenoxy) is 1. The molecule has 0 saturated heterocycles. The van der Waals surface area contributed by atoms with E-state index in [0.29, 0.717) is 0 Å². The highest BCUT2D eigenvalue weighted by Crippen LogP contribution is 2.07. The Morgan fingerprint density at radius 3 is 1.44 bits per heavy atom. The molecule has 0 atom stereocenters. The van der Waals surface area contributed by atoms with Gasteiger partial charge in [-0.05, 0) is 26.8 Å². The molecule has 0 aliphatic carbocycles. The van der Waals surface area contributed by atoms with Gasteiger partial charge in [-0.25, -0.2) is 0 Å². The number of hydrogen-bond donors (Lipinski definition) is 1. The van der Waals surface area contributed by atoms with Gasteiger partial charge in [-0.2, -0.15) is 0 Å². The maximum Gasteiger partial charge on any atom is 0.0437 e. The van der Waals surface area contributed by atoms with Crippen LogP contribution in [0.2, 0.25) is 0 Å². The van der Waals surface area contributed by atoms with E-state index >= 15 is 0 Å². The quantitative estimate of drug-likeness (QED) is 0.574. The molecular weight excluding hydrogens is 198 g/mol. The minimum absolute atomic E-state index is 0.844. The molecule has 0 fully saturated rings. The zero-order valence-corrected chi connectivity index (χ0v) is 11.8. The van der Waals surface area contributed by atoms with E-state index in [1.807, 2.05) is 13.8 Å². The first kappa shape index (κ1) is 18.3. The van der Waals surface area contributed by atoms with E-state index in [4.69, 9.17) is 10.5 Å². The van der Waals surface area contributed by atoms with Crippen molar-refractivity contribution in [3.63, 3.8) is 0 Å². The van der Waals surface area contributed by atoms with Crippen LogP contribution in [-0.4, -0.2) is 19.8 Å². The Morgan fingerprint density at radius 1 is 0.688 bits per heavy atom. The second-order valence-corrected chi connectivity index (χ2v) is 4.05. The standard InChI is InChI=1S/C10H23N.C4H10O/c1-2-3-4-5-6-7-8-9-10-11;1-3-5-4-2/h2-11H2,1H3;3-4H2,1-2H3. The monoisotopic (exact) mass is 231 g/mol. The van der Waals surface area contributed by atoms with Crippen LogP contribution in [0, 0.1) is 0 Å². The summed E-state index contributed by atoms with van der Waals surface area (Å²) in [4.78, 5) is 0. The molecule has 0 radical (unpaired) electrons. The van der Waals surface area contributed by atoms with Crippen molar-refractivity contribution < 1.29 is 4.74 Å². The summed E-state index contributed by atoms with van der Waals surface area (Å²) >= 11 is 0. The second kappa shape index (κ2) is 20.3. The van der Waals surface area contributed by atoms with E-state index in [0.717, 1.165) is 19.8 Å². The van der Waals surface area contributed by atoms with E-state index in [1.165, 1.54) is 51.4 Å². The molecule has 2 N–H and O–H groups in total. The first-order chi connectivity index (χ1) is 7.83. The van der Waals surface area contributed by atoms with Crippen LogP contribution in [0.4, 0.5) is 0 Å². The maximum absolute atomic E-state index is 5.39. The van der Waals surface area contributed by atoms with Crippen molar-refractivity contribution in [2.75, 3.05) is 19.8 Å². The molecule has 0 rings (SSSR count). The highest BCUT2D eigenvalue weighted by atomic mass is 16.5. The number of unbranched alkanes of at least 4 members (excludes halogenated alkanes) is 7. The second-order valence-electron chi connectivity index (χ2n) is 4.05.